The molecule has 1 rings (SSSR count). The summed E-state index contributed by atoms with van der Waals surface area (Å²) in [5.74, 6) is 0. The lowest BCUT2D eigenvalue weighted by atomic mass is 9.94. The Hall–Kier alpha value is 0.01000. The maximum Gasteiger partial charge on any atom is 0.0607 e. The molecular weight excluding hydrogens is 156 g/mol. The van der Waals surface area contributed by atoms with Crippen LogP contribution < -0.4 is 5.14 Å². The van der Waals surface area contributed by atoms with Gasteiger partial charge >= 0.3 is 0 Å². The number of rotatable bonds is 1. The third kappa shape index (κ3) is 1.78. The Labute approximate surface area is 73.0 Å². The lowest BCUT2D eigenvalue weighted by molar-refractivity contribution is 0.284. The number of piperidine rings is 1. The topological polar surface area (TPSA) is 29.3 Å². The van der Waals surface area contributed by atoms with E-state index in [1.54, 1.807) is 0 Å². The van der Waals surface area contributed by atoms with Crippen LogP contribution >= 0.6 is 11.9 Å². The third-order valence-corrected chi connectivity index (χ3v) is 3.31. The van der Waals surface area contributed by atoms with Gasteiger partial charge in [-0.15, -0.1) is 0 Å². The molecular formula is C8H16N2S. The largest absolute Gasteiger partial charge is 0.304 e. The van der Waals surface area contributed by atoms with Crippen LogP contribution in [0.25, 0.3) is 0 Å². The second kappa shape index (κ2) is 3.17. The lowest BCUT2D eigenvalue weighted by Gasteiger charge is -2.38. The molecule has 11 heavy (non-hydrogen) atoms. The number of hydrogen-bond acceptors (Lipinski definition) is 3. The van der Waals surface area contributed by atoms with Crippen LogP contribution in [0.4, 0.5) is 0 Å². The molecule has 1 atom stereocenters. The van der Waals surface area contributed by atoms with Gasteiger partial charge in [-0.05, 0) is 20.4 Å². The Balaban J connectivity index is 2.68. The molecule has 2 nitrogen and oxygen atoms in total. The van der Waals surface area contributed by atoms with Gasteiger partial charge in [0.1, 0.15) is 0 Å². The fraction of sp³-hybridized carbons (Fsp3) is 0.750. The zero-order valence-electron chi connectivity index (χ0n) is 7.26. The molecule has 0 aromatic carbocycles. The van der Waals surface area contributed by atoms with E-state index in [9.17, 15) is 0 Å². The van der Waals surface area contributed by atoms with Crippen LogP contribution in [0.15, 0.2) is 12.2 Å². The number of nitrogens with two attached hydrogens (primary N) is 1. The first kappa shape index (κ1) is 9.10. The molecule has 1 unspecified atom stereocenters. The summed E-state index contributed by atoms with van der Waals surface area (Å²) >= 11 is 1.42. The molecule has 2 N–H and O–H groups in total. The van der Waals surface area contributed by atoms with Crippen LogP contribution in [0.1, 0.15) is 13.3 Å². The maximum absolute atomic E-state index is 5.62. The van der Waals surface area contributed by atoms with Gasteiger partial charge in [-0.1, -0.05) is 24.1 Å². The fourth-order valence-corrected chi connectivity index (χ4v) is 1.98. The SMILES string of the molecule is C=C1CCN(C)CC1(C)SN. The maximum atomic E-state index is 5.62. The van der Waals surface area contributed by atoms with Gasteiger partial charge in [0.25, 0.3) is 0 Å². The highest BCUT2D eigenvalue weighted by molar-refractivity contribution is 7.98. The molecule has 0 aromatic rings. The number of nitrogens with zero attached hydrogens (tertiary/aromatic N) is 1. The number of hydrogen-bond donors (Lipinski definition) is 1. The van der Waals surface area contributed by atoms with E-state index in [2.05, 4.69) is 25.5 Å². The van der Waals surface area contributed by atoms with E-state index >= 15 is 0 Å². The molecule has 1 aliphatic rings. The zero-order valence-corrected chi connectivity index (χ0v) is 8.08. The molecule has 64 valence electrons. The molecule has 0 amide bonds. The van der Waals surface area contributed by atoms with Crippen molar-refractivity contribution in [1.29, 1.82) is 0 Å². The van der Waals surface area contributed by atoms with E-state index in [1.807, 2.05) is 0 Å². The van der Waals surface area contributed by atoms with Crippen LogP contribution in [0, 0.1) is 0 Å². The van der Waals surface area contributed by atoms with E-state index in [4.69, 9.17) is 5.14 Å². The Morgan fingerprint density at radius 2 is 2.36 bits per heavy atom. The summed E-state index contributed by atoms with van der Waals surface area (Å²) in [4.78, 5) is 2.30. The van der Waals surface area contributed by atoms with E-state index in [-0.39, 0.29) is 4.75 Å². The minimum absolute atomic E-state index is 0.0764. The van der Waals surface area contributed by atoms with Gasteiger partial charge in [0.05, 0.1) is 4.75 Å². The highest BCUT2D eigenvalue weighted by Crippen LogP contribution is 2.33. The predicted octanol–water partition coefficient (Wildman–Crippen LogP) is 1.24. The van der Waals surface area contributed by atoms with Crippen molar-refractivity contribution in [3.05, 3.63) is 12.2 Å². The standard InChI is InChI=1S/C8H16N2S/c1-7-4-5-10(3)6-8(7,2)11-9/h1,4-6,9H2,2-3H3. The molecule has 1 aliphatic heterocycles. The molecule has 1 saturated heterocycles. The van der Waals surface area contributed by atoms with Crippen molar-refractivity contribution in [1.82, 2.24) is 4.90 Å². The van der Waals surface area contributed by atoms with E-state index in [1.165, 1.54) is 17.5 Å². The van der Waals surface area contributed by atoms with Gasteiger partial charge in [-0.2, -0.15) is 0 Å². The summed E-state index contributed by atoms with van der Waals surface area (Å²) in [5, 5.41) is 5.62. The predicted molar refractivity (Wildman–Crippen MR) is 51.4 cm³/mol. The Bertz CT molecular complexity index is 169. The molecule has 0 aromatic heterocycles. The van der Waals surface area contributed by atoms with Gasteiger partial charge in [-0.3, -0.25) is 5.14 Å². The zero-order chi connectivity index (χ0) is 8.48. The first-order valence-corrected chi connectivity index (χ1v) is 4.71. The summed E-state index contributed by atoms with van der Waals surface area (Å²) in [6, 6.07) is 0. The second-order valence-electron chi connectivity index (χ2n) is 3.44. The van der Waals surface area contributed by atoms with E-state index in [0.717, 1.165) is 19.5 Å². The molecule has 0 bridgehead atoms. The van der Waals surface area contributed by atoms with Gasteiger partial charge in [0.15, 0.2) is 0 Å². The molecule has 1 heterocycles. The first-order chi connectivity index (χ1) is 5.08. The lowest BCUT2D eigenvalue weighted by Crippen LogP contribution is -2.44. The highest BCUT2D eigenvalue weighted by atomic mass is 32.2. The molecule has 0 saturated carbocycles. The summed E-state index contributed by atoms with van der Waals surface area (Å²) in [6.07, 6.45) is 1.08. The van der Waals surface area contributed by atoms with E-state index < -0.39 is 0 Å². The van der Waals surface area contributed by atoms with Gasteiger partial charge in [0, 0.05) is 13.1 Å². The summed E-state index contributed by atoms with van der Waals surface area (Å²) in [7, 11) is 2.13. The van der Waals surface area contributed by atoms with Crippen molar-refractivity contribution >= 4 is 11.9 Å². The Morgan fingerprint density at radius 1 is 1.73 bits per heavy atom. The van der Waals surface area contributed by atoms with Crippen LogP contribution in [-0.4, -0.2) is 29.8 Å². The average Bonchev–Trinajstić information content (AvgIpc) is 1.98. The molecule has 0 spiro atoms. The Kier molecular flexibility index (Phi) is 2.62. The van der Waals surface area contributed by atoms with Crippen LogP contribution in [-0.2, 0) is 0 Å². The first-order valence-electron chi connectivity index (χ1n) is 3.83. The van der Waals surface area contributed by atoms with Crippen LogP contribution in [0.5, 0.6) is 0 Å². The second-order valence-corrected chi connectivity index (χ2v) is 4.58. The summed E-state index contributed by atoms with van der Waals surface area (Å²) in [6.45, 7) is 8.35. The van der Waals surface area contributed by atoms with Crippen LogP contribution in [0.2, 0.25) is 0 Å². The van der Waals surface area contributed by atoms with Gasteiger partial charge in [0.2, 0.25) is 0 Å². The van der Waals surface area contributed by atoms with Crippen molar-refractivity contribution in [3.63, 3.8) is 0 Å². The molecule has 0 aliphatic carbocycles. The quantitative estimate of drug-likeness (QED) is 0.477. The highest BCUT2D eigenvalue weighted by Gasteiger charge is 2.32. The van der Waals surface area contributed by atoms with Gasteiger partial charge in [-0.25, -0.2) is 0 Å². The smallest absolute Gasteiger partial charge is 0.0607 e. The molecule has 3 heteroatoms. The van der Waals surface area contributed by atoms with Crippen molar-refractivity contribution in [2.75, 3.05) is 20.1 Å². The van der Waals surface area contributed by atoms with Crippen molar-refractivity contribution < 1.29 is 0 Å². The normalized spacial score (nSPS) is 34.3. The average molecular weight is 172 g/mol. The van der Waals surface area contributed by atoms with Crippen molar-refractivity contribution in [3.8, 4) is 0 Å². The molecule has 0 radical (unpaired) electrons. The fourth-order valence-electron chi connectivity index (χ4n) is 1.42. The van der Waals surface area contributed by atoms with Crippen molar-refractivity contribution in [2.24, 2.45) is 5.14 Å². The van der Waals surface area contributed by atoms with E-state index in [0.29, 0.717) is 0 Å². The summed E-state index contributed by atoms with van der Waals surface area (Å²) in [5.41, 5.74) is 1.28. The third-order valence-electron chi connectivity index (χ3n) is 2.37. The van der Waals surface area contributed by atoms with Crippen LogP contribution in [0.3, 0.4) is 0 Å². The molecule has 1 fully saturated rings. The van der Waals surface area contributed by atoms with Gasteiger partial charge < -0.3 is 4.90 Å². The minimum atomic E-state index is 0.0764. The van der Waals surface area contributed by atoms with Crippen molar-refractivity contribution in [2.45, 2.75) is 18.1 Å². The Morgan fingerprint density at radius 3 is 2.82 bits per heavy atom. The minimum Gasteiger partial charge on any atom is -0.304 e. The summed E-state index contributed by atoms with van der Waals surface area (Å²) < 4.78 is 0.0764. The monoisotopic (exact) mass is 172 g/mol. The number of likely N-dealkylation sites (tertiary alicyclic amines) is 1.